The van der Waals surface area contributed by atoms with Crippen molar-refractivity contribution in [2.45, 2.75) is 27.3 Å². The zero-order valence-electron chi connectivity index (χ0n) is 14.1. The molecule has 0 aliphatic carbocycles. The smallest absolute Gasteiger partial charge is 0.336 e. The van der Waals surface area contributed by atoms with Gasteiger partial charge in [0.25, 0.3) is 0 Å². The van der Waals surface area contributed by atoms with Crippen molar-refractivity contribution in [1.29, 1.82) is 0 Å². The molecule has 0 amide bonds. The number of hydrogen-bond donors (Lipinski definition) is 0. The van der Waals surface area contributed by atoms with Crippen molar-refractivity contribution >= 4 is 16.7 Å². The second-order valence-corrected chi connectivity index (χ2v) is 6.41. The molecule has 0 atom stereocenters. The number of benzene rings is 2. The standard InChI is InChI=1S/C20H19NO3/c1-12-4-5-15(8-13(12)2)21-10-17-18(23-11-21)7-6-16-14(3)9-19(22)24-20(16)17/h4-9H,10-11H2,1-3H3. The van der Waals surface area contributed by atoms with Crippen molar-refractivity contribution in [2.75, 3.05) is 11.6 Å². The molecule has 0 unspecified atom stereocenters. The maximum Gasteiger partial charge on any atom is 0.336 e. The first-order valence-electron chi connectivity index (χ1n) is 8.04. The number of rotatable bonds is 1. The van der Waals surface area contributed by atoms with Crippen molar-refractivity contribution in [3.63, 3.8) is 0 Å². The Morgan fingerprint density at radius 3 is 2.58 bits per heavy atom. The van der Waals surface area contributed by atoms with Crippen LogP contribution in [0.5, 0.6) is 5.75 Å². The van der Waals surface area contributed by atoms with Crippen LogP contribution in [0.3, 0.4) is 0 Å². The number of aryl methyl sites for hydroxylation is 3. The van der Waals surface area contributed by atoms with Gasteiger partial charge in [-0.05, 0) is 61.7 Å². The predicted molar refractivity (Wildman–Crippen MR) is 94.8 cm³/mol. The summed E-state index contributed by atoms with van der Waals surface area (Å²) in [5.41, 5.74) is 5.78. The molecule has 0 saturated carbocycles. The fourth-order valence-electron chi connectivity index (χ4n) is 3.18. The summed E-state index contributed by atoms with van der Waals surface area (Å²) in [5, 5.41) is 0.957. The van der Waals surface area contributed by atoms with Gasteiger partial charge in [0.1, 0.15) is 11.3 Å². The van der Waals surface area contributed by atoms with Gasteiger partial charge in [-0.2, -0.15) is 0 Å². The van der Waals surface area contributed by atoms with Crippen molar-refractivity contribution < 1.29 is 9.15 Å². The molecular formula is C20H19NO3. The van der Waals surface area contributed by atoms with E-state index in [2.05, 4.69) is 36.9 Å². The van der Waals surface area contributed by atoms with Gasteiger partial charge in [0.05, 0.1) is 12.1 Å². The molecular weight excluding hydrogens is 302 g/mol. The largest absolute Gasteiger partial charge is 0.473 e. The third kappa shape index (κ3) is 2.35. The van der Waals surface area contributed by atoms with Crippen LogP contribution >= 0.6 is 0 Å². The number of fused-ring (bicyclic) bond motifs is 3. The highest BCUT2D eigenvalue weighted by Crippen LogP contribution is 2.34. The van der Waals surface area contributed by atoms with E-state index in [1.807, 2.05) is 19.1 Å². The van der Waals surface area contributed by atoms with E-state index in [1.54, 1.807) is 0 Å². The lowest BCUT2D eigenvalue weighted by Crippen LogP contribution is -2.32. The van der Waals surface area contributed by atoms with Gasteiger partial charge in [-0.15, -0.1) is 0 Å². The molecule has 1 aliphatic rings. The first-order chi connectivity index (χ1) is 11.5. The van der Waals surface area contributed by atoms with E-state index in [0.717, 1.165) is 28.0 Å². The lowest BCUT2D eigenvalue weighted by atomic mass is 10.0. The Hall–Kier alpha value is -2.75. The fraction of sp³-hybridized carbons (Fsp3) is 0.250. The van der Waals surface area contributed by atoms with Crippen LogP contribution in [-0.4, -0.2) is 6.73 Å². The van der Waals surface area contributed by atoms with Crippen molar-refractivity contribution in [2.24, 2.45) is 0 Å². The Morgan fingerprint density at radius 1 is 0.958 bits per heavy atom. The molecule has 3 aromatic rings. The van der Waals surface area contributed by atoms with E-state index in [9.17, 15) is 4.79 Å². The first kappa shape index (κ1) is 14.8. The van der Waals surface area contributed by atoms with Crippen molar-refractivity contribution in [3.05, 3.63) is 69.1 Å². The van der Waals surface area contributed by atoms with E-state index in [0.29, 0.717) is 18.9 Å². The van der Waals surface area contributed by atoms with Gasteiger partial charge in [-0.1, -0.05) is 6.07 Å². The van der Waals surface area contributed by atoms with Gasteiger partial charge in [0.15, 0.2) is 6.73 Å². The molecule has 24 heavy (non-hydrogen) atoms. The summed E-state index contributed by atoms with van der Waals surface area (Å²) in [6.45, 7) is 7.27. The third-order valence-electron chi connectivity index (χ3n) is 4.76. The number of anilines is 1. The van der Waals surface area contributed by atoms with E-state index in [4.69, 9.17) is 9.15 Å². The molecule has 1 aliphatic heterocycles. The topological polar surface area (TPSA) is 42.7 Å². The number of ether oxygens (including phenoxy) is 1. The average Bonchev–Trinajstić information content (AvgIpc) is 2.56. The van der Waals surface area contributed by atoms with Gasteiger partial charge in [0, 0.05) is 17.1 Å². The Bertz CT molecular complexity index is 1000. The third-order valence-corrected chi connectivity index (χ3v) is 4.76. The zero-order chi connectivity index (χ0) is 16.8. The summed E-state index contributed by atoms with van der Waals surface area (Å²) in [7, 11) is 0. The maximum absolute atomic E-state index is 11.8. The average molecular weight is 321 g/mol. The molecule has 2 heterocycles. The van der Waals surface area contributed by atoms with Crippen LogP contribution in [0.2, 0.25) is 0 Å². The molecule has 0 radical (unpaired) electrons. The quantitative estimate of drug-likeness (QED) is 0.634. The highest BCUT2D eigenvalue weighted by atomic mass is 16.5. The van der Waals surface area contributed by atoms with Crippen molar-refractivity contribution in [1.82, 2.24) is 0 Å². The van der Waals surface area contributed by atoms with Gasteiger partial charge in [0.2, 0.25) is 0 Å². The van der Waals surface area contributed by atoms with E-state index >= 15 is 0 Å². The van der Waals surface area contributed by atoms with Crippen LogP contribution in [0.4, 0.5) is 5.69 Å². The normalized spacial score (nSPS) is 13.7. The summed E-state index contributed by atoms with van der Waals surface area (Å²) in [6, 6.07) is 11.8. The molecule has 0 fully saturated rings. The van der Waals surface area contributed by atoms with Crippen LogP contribution in [0.1, 0.15) is 22.3 Å². The molecule has 0 saturated heterocycles. The van der Waals surface area contributed by atoms with E-state index in [-0.39, 0.29) is 5.63 Å². The molecule has 122 valence electrons. The van der Waals surface area contributed by atoms with Crippen molar-refractivity contribution in [3.8, 4) is 5.75 Å². The minimum absolute atomic E-state index is 0.322. The maximum atomic E-state index is 11.8. The highest BCUT2D eigenvalue weighted by molar-refractivity contribution is 5.85. The minimum atomic E-state index is -0.322. The highest BCUT2D eigenvalue weighted by Gasteiger charge is 2.22. The Balaban J connectivity index is 1.82. The second kappa shape index (κ2) is 5.41. The van der Waals surface area contributed by atoms with Gasteiger partial charge < -0.3 is 14.1 Å². The molecule has 2 aromatic carbocycles. The number of hydrogen-bond acceptors (Lipinski definition) is 4. The lowest BCUT2D eigenvalue weighted by Gasteiger charge is -2.31. The molecule has 1 aromatic heterocycles. The first-order valence-corrected chi connectivity index (χ1v) is 8.04. The summed E-state index contributed by atoms with van der Waals surface area (Å²) >= 11 is 0. The second-order valence-electron chi connectivity index (χ2n) is 6.41. The Morgan fingerprint density at radius 2 is 1.79 bits per heavy atom. The Kier molecular flexibility index (Phi) is 3.34. The van der Waals surface area contributed by atoms with Crippen LogP contribution in [-0.2, 0) is 6.54 Å². The lowest BCUT2D eigenvalue weighted by molar-refractivity contribution is 0.289. The van der Waals surface area contributed by atoms with Gasteiger partial charge >= 0.3 is 5.63 Å². The number of nitrogens with zero attached hydrogens (tertiary/aromatic N) is 1. The summed E-state index contributed by atoms with van der Waals surface area (Å²) in [5.74, 6) is 0.788. The molecule has 0 N–H and O–H groups in total. The predicted octanol–water partition coefficient (Wildman–Crippen LogP) is 4.07. The van der Waals surface area contributed by atoms with Crippen LogP contribution < -0.4 is 15.3 Å². The molecule has 4 heteroatoms. The van der Waals surface area contributed by atoms with Gasteiger partial charge in [-0.3, -0.25) is 0 Å². The van der Waals surface area contributed by atoms with Crippen LogP contribution in [0.25, 0.3) is 11.0 Å². The van der Waals surface area contributed by atoms with Crippen LogP contribution in [0, 0.1) is 20.8 Å². The molecule has 0 spiro atoms. The molecule has 4 rings (SSSR count). The minimum Gasteiger partial charge on any atom is -0.473 e. The van der Waals surface area contributed by atoms with Crippen LogP contribution in [0.15, 0.2) is 45.6 Å². The summed E-state index contributed by atoms with van der Waals surface area (Å²) in [4.78, 5) is 14.0. The van der Waals surface area contributed by atoms with E-state index in [1.165, 1.54) is 17.2 Å². The fourth-order valence-corrected chi connectivity index (χ4v) is 3.18. The van der Waals surface area contributed by atoms with Gasteiger partial charge in [-0.25, -0.2) is 4.79 Å². The Labute approximate surface area is 140 Å². The summed E-state index contributed by atoms with van der Waals surface area (Å²) < 4.78 is 11.4. The van der Waals surface area contributed by atoms with E-state index < -0.39 is 0 Å². The summed E-state index contributed by atoms with van der Waals surface area (Å²) in [6.07, 6.45) is 0. The molecule has 4 nitrogen and oxygen atoms in total. The molecule has 0 bridgehead atoms. The monoisotopic (exact) mass is 321 g/mol. The zero-order valence-corrected chi connectivity index (χ0v) is 14.1. The SMILES string of the molecule is Cc1ccc(N2COc3ccc4c(C)cc(=O)oc4c3C2)cc1C.